The number of hydrogen-bond donors (Lipinski definition) is 1. The van der Waals surface area contributed by atoms with Crippen LogP contribution in [0.4, 0.5) is 5.69 Å². The number of nitrogens with zero attached hydrogens (tertiary/aromatic N) is 1. The van der Waals surface area contributed by atoms with Crippen LogP contribution in [0.5, 0.6) is 0 Å². The highest BCUT2D eigenvalue weighted by molar-refractivity contribution is 7.20. The number of benzene rings is 2. The first-order chi connectivity index (χ1) is 12.1. The summed E-state index contributed by atoms with van der Waals surface area (Å²) in [6.45, 7) is 1.50. The normalized spacial score (nSPS) is 10.9. The summed E-state index contributed by atoms with van der Waals surface area (Å²) in [6.07, 6.45) is 0. The quantitative estimate of drug-likeness (QED) is 0.537. The Hall–Kier alpha value is -3.05. The molecule has 0 aliphatic carbocycles. The van der Waals surface area contributed by atoms with Crippen molar-refractivity contribution in [1.29, 1.82) is 0 Å². The third kappa shape index (κ3) is 3.02. The van der Waals surface area contributed by atoms with Crippen LogP contribution in [0.2, 0.25) is 0 Å². The summed E-state index contributed by atoms with van der Waals surface area (Å²) in [5.41, 5.74) is 2.09. The van der Waals surface area contributed by atoms with Crippen molar-refractivity contribution in [2.24, 2.45) is 0 Å². The van der Waals surface area contributed by atoms with Crippen molar-refractivity contribution in [3.63, 3.8) is 0 Å². The Balaban J connectivity index is 1.66. The SMILES string of the molecule is CC(=O)c1cccc(NC(=O)c2cc3cc4ccccc4nc3s2)c1. The summed E-state index contributed by atoms with van der Waals surface area (Å²) in [6, 6.07) is 18.7. The van der Waals surface area contributed by atoms with Crippen molar-refractivity contribution in [3.05, 3.63) is 71.1 Å². The van der Waals surface area contributed by atoms with Crippen LogP contribution in [0.25, 0.3) is 21.1 Å². The number of para-hydroxylation sites is 1. The molecule has 4 aromatic rings. The lowest BCUT2D eigenvalue weighted by molar-refractivity contribution is 0.101. The van der Waals surface area contributed by atoms with E-state index in [0.717, 1.165) is 21.1 Å². The van der Waals surface area contributed by atoms with Gasteiger partial charge in [0.2, 0.25) is 0 Å². The molecule has 0 aliphatic rings. The molecular weight excluding hydrogens is 332 g/mol. The second kappa shape index (κ2) is 6.11. The van der Waals surface area contributed by atoms with Gasteiger partial charge in [-0.25, -0.2) is 4.98 Å². The summed E-state index contributed by atoms with van der Waals surface area (Å²) in [5, 5.41) is 4.85. The highest BCUT2D eigenvalue weighted by Crippen LogP contribution is 2.28. The van der Waals surface area contributed by atoms with E-state index >= 15 is 0 Å². The summed E-state index contributed by atoms with van der Waals surface area (Å²) in [5.74, 6) is -0.235. The molecule has 5 heteroatoms. The third-order valence-corrected chi connectivity index (χ3v) is 5.00. The van der Waals surface area contributed by atoms with Gasteiger partial charge >= 0.3 is 0 Å². The van der Waals surface area contributed by atoms with E-state index in [2.05, 4.69) is 10.3 Å². The van der Waals surface area contributed by atoms with Crippen LogP contribution in [0.1, 0.15) is 27.0 Å². The number of rotatable bonds is 3. The Morgan fingerprint density at radius 1 is 0.960 bits per heavy atom. The molecule has 1 N–H and O–H groups in total. The fourth-order valence-corrected chi connectivity index (χ4v) is 3.61. The Kier molecular flexibility index (Phi) is 3.78. The molecule has 0 saturated heterocycles. The zero-order chi connectivity index (χ0) is 17.4. The van der Waals surface area contributed by atoms with Gasteiger partial charge in [-0.3, -0.25) is 9.59 Å². The number of ketones is 1. The van der Waals surface area contributed by atoms with E-state index in [1.165, 1.54) is 18.3 Å². The van der Waals surface area contributed by atoms with Gasteiger partial charge in [-0.2, -0.15) is 0 Å². The van der Waals surface area contributed by atoms with Gasteiger partial charge in [-0.15, -0.1) is 11.3 Å². The van der Waals surface area contributed by atoms with Crippen LogP contribution < -0.4 is 5.32 Å². The van der Waals surface area contributed by atoms with Crippen LogP contribution in [-0.2, 0) is 0 Å². The number of aromatic nitrogens is 1. The molecule has 25 heavy (non-hydrogen) atoms. The Morgan fingerprint density at radius 3 is 2.64 bits per heavy atom. The van der Waals surface area contributed by atoms with Crippen LogP contribution in [0, 0.1) is 0 Å². The minimum Gasteiger partial charge on any atom is -0.321 e. The van der Waals surface area contributed by atoms with E-state index in [1.807, 2.05) is 36.4 Å². The molecule has 2 aromatic carbocycles. The molecule has 1 amide bonds. The highest BCUT2D eigenvalue weighted by Gasteiger charge is 2.13. The predicted molar refractivity (Wildman–Crippen MR) is 102 cm³/mol. The zero-order valence-corrected chi connectivity index (χ0v) is 14.3. The standard InChI is InChI=1S/C20H14N2O2S/c1-12(23)13-6-4-7-16(10-13)21-19(24)18-11-15-9-14-5-2-3-8-17(14)22-20(15)25-18/h2-11H,1H3,(H,21,24). The Morgan fingerprint density at radius 2 is 1.80 bits per heavy atom. The molecule has 0 unspecified atom stereocenters. The number of thiophene rings is 1. The number of anilines is 1. The van der Waals surface area contributed by atoms with Crippen LogP contribution >= 0.6 is 11.3 Å². The number of amides is 1. The van der Waals surface area contributed by atoms with Gasteiger partial charge in [0.15, 0.2) is 5.78 Å². The number of carbonyl (C=O) groups is 2. The first kappa shape index (κ1) is 15.5. The molecule has 0 saturated carbocycles. The first-order valence-electron chi connectivity index (χ1n) is 7.82. The van der Waals surface area contributed by atoms with E-state index in [9.17, 15) is 9.59 Å². The molecule has 4 nitrogen and oxygen atoms in total. The first-order valence-corrected chi connectivity index (χ1v) is 8.63. The van der Waals surface area contributed by atoms with Crippen molar-refractivity contribution < 1.29 is 9.59 Å². The maximum atomic E-state index is 12.5. The highest BCUT2D eigenvalue weighted by atomic mass is 32.1. The summed E-state index contributed by atoms with van der Waals surface area (Å²) >= 11 is 1.36. The monoisotopic (exact) mass is 346 g/mol. The Labute approximate surface area is 148 Å². The molecule has 0 aliphatic heterocycles. The molecular formula is C20H14N2O2S. The molecule has 2 aromatic heterocycles. The lowest BCUT2D eigenvalue weighted by Crippen LogP contribution is -2.10. The van der Waals surface area contributed by atoms with Gasteiger partial charge in [-0.1, -0.05) is 30.3 Å². The number of carbonyl (C=O) groups excluding carboxylic acids is 2. The number of hydrogen-bond acceptors (Lipinski definition) is 4. The summed E-state index contributed by atoms with van der Waals surface area (Å²) in [7, 11) is 0. The molecule has 0 radical (unpaired) electrons. The fourth-order valence-electron chi connectivity index (χ4n) is 2.70. The predicted octanol–water partition coefficient (Wildman–Crippen LogP) is 4.90. The average molecular weight is 346 g/mol. The lowest BCUT2D eigenvalue weighted by atomic mass is 10.1. The largest absolute Gasteiger partial charge is 0.321 e. The summed E-state index contributed by atoms with van der Waals surface area (Å²) < 4.78 is 0. The van der Waals surface area contributed by atoms with Gasteiger partial charge in [0.1, 0.15) is 4.83 Å². The van der Waals surface area contributed by atoms with Gasteiger partial charge in [-0.05, 0) is 37.3 Å². The number of fused-ring (bicyclic) bond motifs is 2. The maximum absolute atomic E-state index is 12.5. The zero-order valence-electron chi connectivity index (χ0n) is 13.4. The molecule has 0 bridgehead atoms. The van der Waals surface area contributed by atoms with Crippen LogP contribution in [-0.4, -0.2) is 16.7 Å². The van der Waals surface area contributed by atoms with Gasteiger partial charge in [0, 0.05) is 22.0 Å². The smallest absolute Gasteiger partial charge is 0.265 e. The van der Waals surface area contributed by atoms with E-state index in [4.69, 9.17) is 0 Å². The second-order valence-electron chi connectivity index (χ2n) is 5.78. The topological polar surface area (TPSA) is 59.1 Å². The molecule has 122 valence electrons. The molecule has 0 spiro atoms. The lowest BCUT2D eigenvalue weighted by Gasteiger charge is -2.04. The minimum atomic E-state index is -0.201. The third-order valence-electron chi connectivity index (χ3n) is 3.96. The minimum absolute atomic E-state index is 0.0335. The number of pyridine rings is 1. The molecule has 4 rings (SSSR count). The van der Waals surface area contributed by atoms with Crippen molar-refractivity contribution in [1.82, 2.24) is 4.98 Å². The molecule has 0 atom stereocenters. The average Bonchev–Trinajstić information content (AvgIpc) is 3.03. The molecule has 2 heterocycles. The van der Waals surface area contributed by atoms with Gasteiger partial charge in [0.25, 0.3) is 5.91 Å². The van der Waals surface area contributed by atoms with Crippen molar-refractivity contribution in [2.75, 3.05) is 5.32 Å². The second-order valence-corrected chi connectivity index (χ2v) is 6.81. The van der Waals surface area contributed by atoms with Crippen molar-refractivity contribution in [3.8, 4) is 0 Å². The van der Waals surface area contributed by atoms with E-state index in [1.54, 1.807) is 24.3 Å². The van der Waals surface area contributed by atoms with Crippen LogP contribution in [0.3, 0.4) is 0 Å². The van der Waals surface area contributed by atoms with Crippen molar-refractivity contribution in [2.45, 2.75) is 6.92 Å². The number of nitrogens with one attached hydrogen (secondary N) is 1. The molecule has 0 fully saturated rings. The van der Waals surface area contributed by atoms with Crippen molar-refractivity contribution >= 4 is 49.8 Å². The fraction of sp³-hybridized carbons (Fsp3) is 0.0500. The van der Waals surface area contributed by atoms with Gasteiger partial charge in [0.05, 0.1) is 10.4 Å². The number of Topliss-reactive ketones (excluding diaryl/α,β-unsaturated/α-hetero) is 1. The van der Waals surface area contributed by atoms with Crippen LogP contribution in [0.15, 0.2) is 60.7 Å². The van der Waals surface area contributed by atoms with E-state index < -0.39 is 0 Å². The maximum Gasteiger partial charge on any atom is 0.265 e. The van der Waals surface area contributed by atoms with E-state index in [0.29, 0.717) is 16.1 Å². The van der Waals surface area contributed by atoms with E-state index in [-0.39, 0.29) is 11.7 Å². The van der Waals surface area contributed by atoms with Gasteiger partial charge < -0.3 is 5.32 Å². The summed E-state index contributed by atoms with van der Waals surface area (Å²) in [4.78, 5) is 30.1. The Bertz CT molecular complexity index is 1080.